The standard InChI is InChI=1S/C15H23NO4/c17-14(18)8-5-9-16-15(19)20-10-13-11-6-3-1-2-4-7-12(11)13/h1-2,11-13H,3-10H2,(H,16,19)(H,17,18)/b2-1+/t11-,12+,13+. The molecule has 2 aliphatic rings. The van der Waals surface area contributed by atoms with Crippen LogP contribution in [0.4, 0.5) is 4.79 Å². The molecule has 1 amide bonds. The predicted molar refractivity (Wildman–Crippen MR) is 74.3 cm³/mol. The largest absolute Gasteiger partial charge is 0.481 e. The SMILES string of the molecule is O=C(O)CCCNC(=O)OC[C@H]1[C@@H]2CC/C=C/CC[C@@H]21. The van der Waals surface area contributed by atoms with Crippen molar-refractivity contribution in [2.75, 3.05) is 13.2 Å². The number of nitrogens with one attached hydrogen (secondary N) is 1. The van der Waals surface area contributed by atoms with E-state index in [1.807, 2.05) is 0 Å². The maximum atomic E-state index is 11.5. The Balaban J connectivity index is 1.57. The van der Waals surface area contributed by atoms with Gasteiger partial charge >= 0.3 is 12.1 Å². The molecule has 0 aromatic carbocycles. The highest BCUT2D eigenvalue weighted by Gasteiger charge is 2.49. The number of carbonyl (C=O) groups excluding carboxylic acids is 1. The summed E-state index contributed by atoms with van der Waals surface area (Å²) in [5, 5.41) is 11.1. The van der Waals surface area contributed by atoms with Crippen LogP contribution in [0.15, 0.2) is 12.2 Å². The molecule has 0 unspecified atom stereocenters. The normalized spacial score (nSPS) is 29.5. The fourth-order valence-electron chi connectivity index (χ4n) is 3.09. The third-order valence-corrected chi connectivity index (χ3v) is 4.25. The van der Waals surface area contributed by atoms with E-state index in [1.54, 1.807) is 0 Å². The van der Waals surface area contributed by atoms with Gasteiger partial charge in [0.15, 0.2) is 0 Å². The van der Waals surface area contributed by atoms with Crippen molar-refractivity contribution in [1.29, 1.82) is 0 Å². The van der Waals surface area contributed by atoms with E-state index in [0.29, 0.717) is 25.5 Å². The zero-order valence-corrected chi connectivity index (χ0v) is 11.7. The Morgan fingerprint density at radius 1 is 1.20 bits per heavy atom. The van der Waals surface area contributed by atoms with Gasteiger partial charge in [0.25, 0.3) is 0 Å². The number of fused-ring (bicyclic) bond motifs is 1. The monoisotopic (exact) mass is 281 g/mol. The second-order valence-corrected chi connectivity index (χ2v) is 5.64. The first-order valence-electron chi connectivity index (χ1n) is 7.46. The van der Waals surface area contributed by atoms with Crippen molar-refractivity contribution in [2.45, 2.75) is 38.5 Å². The van der Waals surface area contributed by atoms with E-state index < -0.39 is 12.1 Å². The maximum Gasteiger partial charge on any atom is 0.407 e. The van der Waals surface area contributed by atoms with Gasteiger partial charge in [0.05, 0.1) is 6.61 Å². The van der Waals surface area contributed by atoms with E-state index in [2.05, 4.69) is 17.5 Å². The van der Waals surface area contributed by atoms with E-state index in [0.717, 1.165) is 24.7 Å². The van der Waals surface area contributed by atoms with Crippen LogP contribution >= 0.6 is 0 Å². The number of aliphatic carboxylic acids is 1. The Morgan fingerprint density at radius 2 is 1.85 bits per heavy atom. The lowest BCUT2D eigenvalue weighted by Gasteiger charge is -2.06. The average Bonchev–Trinajstić information content (AvgIpc) is 3.02. The number of hydrogen-bond donors (Lipinski definition) is 2. The van der Waals surface area contributed by atoms with Crippen LogP contribution in [0.1, 0.15) is 38.5 Å². The molecule has 112 valence electrons. The molecule has 0 aromatic rings. The highest BCUT2D eigenvalue weighted by atomic mass is 16.5. The number of allylic oxidation sites excluding steroid dienone is 2. The Bertz CT molecular complexity index is 364. The second kappa shape index (κ2) is 7.31. The lowest BCUT2D eigenvalue weighted by atomic mass is 10.1. The number of ether oxygens (including phenoxy) is 1. The molecule has 0 saturated heterocycles. The Kier molecular flexibility index (Phi) is 5.44. The van der Waals surface area contributed by atoms with Crippen molar-refractivity contribution < 1.29 is 19.4 Å². The van der Waals surface area contributed by atoms with Crippen LogP contribution in [0.3, 0.4) is 0 Å². The van der Waals surface area contributed by atoms with Gasteiger partial charge in [-0.3, -0.25) is 4.79 Å². The molecule has 1 fully saturated rings. The van der Waals surface area contributed by atoms with Crippen molar-refractivity contribution in [2.24, 2.45) is 17.8 Å². The highest BCUT2D eigenvalue weighted by Crippen LogP contribution is 2.52. The molecular weight excluding hydrogens is 258 g/mol. The van der Waals surface area contributed by atoms with E-state index >= 15 is 0 Å². The fraction of sp³-hybridized carbons (Fsp3) is 0.733. The predicted octanol–water partition coefficient (Wildman–Crippen LogP) is 2.57. The van der Waals surface area contributed by atoms with Gasteiger partial charge in [-0.1, -0.05) is 12.2 Å². The molecule has 5 nitrogen and oxygen atoms in total. The molecule has 0 bridgehead atoms. The van der Waals surface area contributed by atoms with Crippen molar-refractivity contribution in [3.05, 3.63) is 12.2 Å². The summed E-state index contributed by atoms with van der Waals surface area (Å²) in [4.78, 5) is 21.8. The average molecular weight is 281 g/mol. The number of carboxylic acids is 1. The minimum atomic E-state index is -0.844. The summed E-state index contributed by atoms with van der Waals surface area (Å²) in [6.45, 7) is 0.854. The van der Waals surface area contributed by atoms with Crippen molar-refractivity contribution in [3.63, 3.8) is 0 Å². The quantitative estimate of drug-likeness (QED) is 0.579. The van der Waals surface area contributed by atoms with E-state index in [-0.39, 0.29) is 6.42 Å². The number of amides is 1. The van der Waals surface area contributed by atoms with Gasteiger partial charge in [0, 0.05) is 13.0 Å². The van der Waals surface area contributed by atoms with Crippen LogP contribution in [0.2, 0.25) is 0 Å². The molecule has 2 aliphatic carbocycles. The van der Waals surface area contributed by atoms with Crippen LogP contribution in [0, 0.1) is 17.8 Å². The molecule has 0 heterocycles. The summed E-state index contributed by atoms with van der Waals surface area (Å²) < 4.78 is 5.23. The highest BCUT2D eigenvalue weighted by molar-refractivity contribution is 5.68. The van der Waals surface area contributed by atoms with Crippen molar-refractivity contribution in [3.8, 4) is 0 Å². The summed E-state index contributed by atoms with van der Waals surface area (Å²) in [5.74, 6) is 1.13. The minimum absolute atomic E-state index is 0.0695. The van der Waals surface area contributed by atoms with E-state index in [9.17, 15) is 9.59 Å². The topological polar surface area (TPSA) is 75.6 Å². The number of hydrogen-bond acceptors (Lipinski definition) is 3. The molecule has 20 heavy (non-hydrogen) atoms. The lowest BCUT2D eigenvalue weighted by molar-refractivity contribution is -0.137. The third-order valence-electron chi connectivity index (χ3n) is 4.25. The summed E-state index contributed by atoms with van der Waals surface area (Å²) in [5.41, 5.74) is 0. The molecule has 2 rings (SSSR count). The Labute approximate surface area is 119 Å². The molecule has 0 radical (unpaired) electrons. The van der Waals surface area contributed by atoms with E-state index in [1.165, 1.54) is 12.8 Å². The lowest BCUT2D eigenvalue weighted by Crippen LogP contribution is -2.26. The van der Waals surface area contributed by atoms with Crippen LogP contribution in [0.25, 0.3) is 0 Å². The van der Waals surface area contributed by atoms with Gasteiger partial charge < -0.3 is 15.2 Å². The molecule has 1 saturated carbocycles. The molecule has 0 aliphatic heterocycles. The number of rotatable bonds is 6. The van der Waals surface area contributed by atoms with Gasteiger partial charge in [-0.25, -0.2) is 4.79 Å². The van der Waals surface area contributed by atoms with Gasteiger partial charge in [-0.05, 0) is 49.9 Å². The number of alkyl carbamates (subject to hydrolysis) is 1. The molecule has 2 N–H and O–H groups in total. The zero-order chi connectivity index (χ0) is 14.4. The molecule has 5 heteroatoms. The van der Waals surface area contributed by atoms with Crippen LogP contribution in [-0.2, 0) is 9.53 Å². The first-order valence-corrected chi connectivity index (χ1v) is 7.46. The molecule has 3 atom stereocenters. The van der Waals surface area contributed by atoms with Gasteiger partial charge in [-0.15, -0.1) is 0 Å². The summed E-state index contributed by atoms with van der Waals surface area (Å²) in [6.07, 6.45) is 9.27. The summed E-state index contributed by atoms with van der Waals surface area (Å²) in [7, 11) is 0. The first-order chi connectivity index (χ1) is 9.68. The number of carboxylic acid groups (broad SMARTS) is 1. The van der Waals surface area contributed by atoms with Crippen LogP contribution < -0.4 is 5.32 Å². The summed E-state index contributed by atoms with van der Waals surface area (Å²) >= 11 is 0. The van der Waals surface area contributed by atoms with Crippen molar-refractivity contribution >= 4 is 12.1 Å². The molecule has 0 spiro atoms. The van der Waals surface area contributed by atoms with E-state index in [4.69, 9.17) is 9.84 Å². The smallest absolute Gasteiger partial charge is 0.407 e. The van der Waals surface area contributed by atoms with Crippen molar-refractivity contribution in [1.82, 2.24) is 5.32 Å². The van der Waals surface area contributed by atoms with Gasteiger partial charge in [0.1, 0.15) is 0 Å². The molecule has 0 aromatic heterocycles. The van der Waals surface area contributed by atoms with Crippen LogP contribution in [-0.4, -0.2) is 30.3 Å². The Hall–Kier alpha value is -1.52. The van der Waals surface area contributed by atoms with Gasteiger partial charge in [0.2, 0.25) is 0 Å². The first kappa shape index (κ1) is 14.9. The summed E-state index contributed by atoms with van der Waals surface area (Å²) in [6, 6.07) is 0. The second-order valence-electron chi connectivity index (χ2n) is 5.64. The fourth-order valence-corrected chi connectivity index (χ4v) is 3.09. The van der Waals surface area contributed by atoms with Gasteiger partial charge in [-0.2, -0.15) is 0 Å². The minimum Gasteiger partial charge on any atom is -0.481 e. The maximum absolute atomic E-state index is 11.5. The zero-order valence-electron chi connectivity index (χ0n) is 11.7. The third kappa shape index (κ3) is 4.54. The molecular formula is C15H23NO4. The number of carbonyl (C=O) groups is 2. The van der Waals surface area contributed by atoms with Crippen LogP contribution in [0.5, 0.6) is 0 Å². The Morgan fingerprint density at radius 3 is 2.45 bits per heavy atom.